The molecule has 5 rings (SSSR count). The molecule has 33 heavy (non-hydrogen) atoms. The number of sulfonamides is 1. The van der Waals surface area contributed by atoms with Crippen molar-refractivity contribution in [3.8, 4) is 22.4 Å². The van der Waals surface area contributed by atoms with Gasteiger partial charge < -0.3 is 4.57 Å². The molecule has 0 atom stereocenters. The Morgan fingerprint density at radius 2 is 1.61 bits per heavy atom. The molecule has 1 aliphatic rings. The highest BCUT2D eigenvalue weighted by molar-refractivity contribution is 7.99. The molecule has 1 N–H and O–H groups in total. The number of aryl methyl sites for hydroxylation is 1. The van der Waals surface area contributed by atoms with Crippen molar-refractivity contribution in [3.05, 3.63) is 90.1 Å². The third kappa shape index (κ3) is 4.44. The zero-order valence-corrected chi connectivity index (χ0v) is 19.6. The summed E-state index contributed by atoms with van der Waals surface area (Å²) < 4.78 is 27.2. The molecule has 4 aromatic rings. The molecule has 0 spiro atoms. The van der Waals surface area contributed by atoms with E-state index in [1.165, 1.54) is 0 Å². The lowest BCUT2D eigenvalue weighted by Crippen LogP contribution is -2.18. The highest BCUT2D eigenvalue weighted by atomic mass is 32.2. The fourth-order valence-electron chi connectivity index (χ4n) is 3.72. The first kappa shape index (κ1) is 21.5. The number of hydrogen-bond acceptors (Lipinski definition) is 5. The Bertz CT molecular complexity index is 1410. The lowest BCUT2D eigenvalue weighted by molar-refractivity contribution is 0.584. The molecule has 0 aliphatic carbocycles. The number of nitrogens with zero attached hydrogens (tertiary/aromatic N) is 3. The maximum atomic E-state index is 12.6. The van der Waals surface area contributed by atoms with Gasteiger partial charge in [-0.3, -0.25) is 0 Å². The smallest absolute Gasteiger partial charge is 0.276 e. The summed E-state index contributed by atoms with van der Waals surface area (Å²) in [5.74, 6) is 0.936. The van der Waals surface area contributed by atoms with Crippen LogP contribution < -0.4 is 4.83 Å². The highest BCUT2D eigenvalue weighted by Gasteiger charge is 2.22. The van der Waals surface area contributed by atoms with Crippen molar-refractivity contribution in [3.63, 3.8) is 0 Å². The summed E-state index contributed by atoms with van der Waals surface area (Å²) in [7, 11) is -3.74. The van der Waals surface area contributed by atoms with Crippen molar-refractivity contribution >= 4 is 28.0 Å². The van der Waals surface area contributed by atoms with Crippen molar-refractivity contribution in [2.24, 2.45) is 5.10 Å². The average Bonchev–Trinajstić information content (AvgIpc) is 3.42. The van der Waals surface area contributed by atoms with Crippen molar-refractivity contribution in [2.45, 2.75) is 23.5 Å². The van der Waals surface area contributed by atoms with Crippen LogP contribution in [-0.4, -0.2) is 29.9 Å². The summed E-state index contributed by atoms with van der Waals surface area (Å²) >= 11 is 1.69. The van der Waals surface area contributed by atoms with E-state index < -0.39 is 10.0 Å². The van der Waals surface area contributed by atoms with E-state index in [-0.39, 0.29) is 4.90 Å². The number of fused-ring (bicyclic) bond motifs is 1. The Kier molecular flexibility index (Phi) is 5.78. The van der Waals surface area contributed by atoms with Gasteiger partial charge in [-0.15, -0.1) is 0 Å². The van der Waals surface area contributed by atoms with Crippen LogP contribution in [0.2, 0.25) is 0 Å². The number of aromatic nitrogens is 2. The van der Waals surface area contributed by atoms with Crippen LogP contribution in [0.3, 0.4) is 0 Å². The Morgan fingerprint density at radius 3 is 2.33 bits per heavy atom. The van der Waals surface area contributed by atoms with Gasteiger partial charge in [-0.1, -0.05) is 84.1 Å². The third-order valence-electron chi connectivity index (χ3n) is 5.47. The van der Waals surface area contributed by atoms with Crippen molar-refractivity contribution in [2.75, 3.05) is 5.75 Å². The van der Waals surface area contributed by atoms with E-state index in [4.69, 9.17) is 4.98 Å². The van der Waals surface area contributed by atoms with Gasteiger partial charge >= 0.3 is 0 Å². The Labute approximate surface area is 197 Å². The van der Waals surface area contributed by atoms with Crippen LogP contribution in [0.15, 0.2) is 94.0 Å². The normalized spacial score (nSPS) is 13.4. The second-order valence-electron chi connectivity index (χ2n) is 7.74. The molecule has 0 amide bonds. The zero-order chi connectivity index (χ0) is 22.8. The second kappa shape index (κ2) is 8.88. The van der Waals surface area contributed by atoms with Gasteiger partial charge in [-0.25, -0.2) is 9.82 Å². The molecule has 3 aromatic carbocycles. The molecule has 0 unspecified atom stereocenters. The lowest BCUT2D eigenvalue weighted by Gasteiger charge is -2.06. The molecule has 0 fully saturated rings. The van der Waals surface area contributed by atoms with E-state index in [1.807, 2.05) is 37.3 Å². The SMILES string of the molecule is Cc1ccc(S(=O)(=O)N/N=C/c2c(-c3ccc(-c4ccccc4)cc3)nc3n2CCS3)cc1. The Balaban J connectivity index is 1.43. The van der Waals surface area contributed by atoms with E-state index in [2.05, 4.69) is 38.8 Å². The van der Waals surface area contributed by atoms with Gasteiger partial charge in [0.15, 0.2) is 5.16 Å². The Morgan fingerprint density at radius 1 is 0.939 bits per heavy atom. The minimum Gasteiger partial charge on any atom is -0.317 e. The summed E-state index contributed by atoms with van der Waals surface area (Å²) in [5, 5.41) is 5.00. The molecule has 6 nitrogen and oxygen atoms in total. The number of rotatable bonds is 6. The quantitative estimate of drug-likeness (QED) is 0.317. The van der Waals surface area contributed by atoms with Gasteiger partial charge in [0, 0.05) is 17.9 Å². The predicted octanol–water partition coefficient (Wildman–Crippen LogP) is 4.94. The minimum atomic E-state index is -3.74. The predicted molar refractivity (Wildman–Crippen MR) is 133 cm³/mol. The summed E-state index contributed by atoms with van der Waals surface area (Å²) in [4.78, 5) is 7.31. The molecule has 0 radical (unpaired) electrons. The van der Waals surface area contributed by atoms with Crippen LogP contribution in [0.1, 0.15) is 11.3 Å². The van der Waals surface area contributed by atoms with Gasteiger partial charge in [0.05, 0.1) is 22.5 Å². The van der Waals surface area contributed by atoms with Crippen molar-refractivity contribution in [1.29, 1.82) is 0 Å². The molecule has 8 heteroatoms. The van der Waals surface area contributed by atoms with Gasteiger partial charge in [-0.2, -0.15) is 13.5 Å². The number of thioether (sulfide) groups is 1. The average molecular weight is 475 g/mol. The fourth-order valence-corrected chi connectivity index (χ4v) is 5.47. The van der Waals surface area contributed by atoms with E-state index >= 15 is 0 Å². The van der Waals surface area contributed by atoms with E-state index in [1.54, 1.807) is 42.2 Å². The van der Waals surface area contributed by atoms with Crippen molar-refractivity contribution in [1.82, 2.24) is 14.4 Å². The minimum absolute atomic E-state index is 0.177. The van der Waals surface area contributed by atoms with E-state index in [0.29, 0.717) is 0 Å². The summed E-state index contributed by atoms with van der Waals surface area (Å²) in [6.07, 6.45) is 1.55. The first-order valence-electron chi connectivity index (χ1n) is 10.5. The maximum Gasteiger partial charge on any atom is 0.276 e. The molecule has 2 heterocycles. The molecule has 166 valence electrons. The molecule has 1 aliphatic heterocycles. The molecular formula is C25H22N4O2S2. The molecular weight excluding hydrogens is 452 g/mol. The van der Waals surface area contributed by atoms with Gasteiger partial charge in [-0.05, 0) is 30.2 Å². The van der Waals surface area contributed by atoms with Crippen LogP contribution >= 0.6 is 11.8 Å². The molecule has 0 saturated carbocycles. The van der Waals surface area contributed by atoms with Crippen LogP contribution in [0.4, 0.5) is 0 Å². The zero-order valence-electron chi connectivity index (χ0n) is 18.0. The maximum absolute atomic E-state index is 12.6. The molecule has 1 aromatic heterocycles. The van der Waals surface area contributed by atoms with Gasteiger partial charge in [0.2, 0.25) is 0 Å². The standard InChI is InChI=1S/C25H22N4O2S2/c1-18-7-13-22(14-8-18)33(30,31)28-26-17-23-24(27-25-29(23)15-16-32-25)21-11-9-20(10-12-21)19-5-3-2-4-6-19/h2-14,17,28H,15-16H2,1H3/b26-17+. The van der Waals surface area contributed by atoms with Gasteiger partial charge in [0.1, 0.15) is 0 Å². The number of imidazole rings is 1. The van der Waals surface area contributed by atoms with Crippen LogP contribution in [0.5, 0.6) is 0 Å². The summed E-state index contributed by atoms with van der Waals surface area (Å²) in [5.41, 5.74) is 5.80. The van der Waals surface area contributed by atoms with Gasteiger partial charge in [0.25, 0.3) is 10.0 Å². The highest BCUT2D eigenvalue weighted by Crippen LogP contribution is 2.33. The van der Waals surface area contributed by atoms with E-state index in [0.717, 1.165) is 51.1 Å². The number of nitrogens with one attached hydrogen (secondary N) is 1. The third-order valence-corrected chi connectivity index (χ3v) is 7.67. The Hall–Kier alpha value is -3.36. The summed E-state index contributed by atoms with van der Waals surface area (Å²) in [6.45, 7) is 2.72. The number of hydrazone groups is 1. The van der Waals surface area contributed by atoms with Crippen molar-refractivity contribution < 1.29 is 8.42 Å². The second-order valence-corrected chi connectivity index (χ2v) is 10.5. The van der Waals surface area contributed by atoms with Crippen LogP contribution in [-0.2, 0) is 16.6 Å². The monoisotopic (exact) mass is 474 g/mol. The van der Waals surface area contributed by atoms with Crippen LogP contribution in [0.25, 0.3) is 22.4 Å². The molecule has 0 saturated heterocycles. The van der Waals surface area contributed by atoms with Crippen LogP contribution in [0, 0.1) is 6.92 Å². The number of benzene rings is 3. The van der Waals surface area contributed by atoms with E-state index in [9.17, 15) is 8.42 Å². The number of hydrogen-bond donors (Lipinski definition) is 1. The topological polar surface area (TPSA) is 76.3 Å². The first-order chi connectivity index (χ1) is 16.0. The molecule has 0 bridgehead atoms. The largest absolute Gasteiger partial charge is 0.317 e. The summed E-state index contributed by atoms with van der Waals surface area (Å²) in [6, 6.07) is 25.1. The lowest BCUT2D eigenvalue weighted by atomic mass is 10.0. The fraction of sp³-hybridized carbons (Fsp3) is 0.120. The first-order valence-corrected chi connectivity index (χ1v) is 13.0.